The van der Waals surface area contributed by atoms with E-state index in [1.54, 1.807) is 6.07 Å². The molecule has 4 nitrogen and oxygen atoms in total. The van der Waals surface area contributed by atoms with Crippen LogP contribution in [0.1, 0.15) is 5.56 Å². The summed E-state index contributed by atoms with van der Waals surface area (Å²) in [6.45, 7) is 0.805. The molecule has 0 unspecified atom stereocenters. The van der Waals surface area contributed by atoms with Crippen LogP contribution in [-0.2, 0) is 16.4 Å². The fourth-order valence-electron chi connectivity index (χ4n) is 1.52. The summed E-state index contributed by atoms with van der Waals surface area (Å²) >= 11 is 5.81. The van der Waals surface area contributed by atoms with E-state index in [-0.39, 0.29) is 9.92 Å². The molecule has 0 bridgehead atoms. The van der Waals surface area contributed by atoms with Crippen molar-refractivity contribution in [3.8, 4) is 0 Å². The first-order valence-electron chi connectivity index (χ1n) is 4.07. The van der Waals surface area contributed by atoms with Crippen LogP contribution < -0.4 is 10.5 Å². The fraction of sp³-hybridized carbons (Fsp3) is 0.250. The molecule has 0 spiro atoms. The van der Waals surface area contributed by atoms with E-state index in [2.05, 4.69) is 5.32 Å². The topological polar surface area (TPSA) is 72.2 Å². The van der Waals surface area contributed by atoms with Gasteiger partial charge in [0.1, 0.15) is 4.90 Å². The van der Waals surface area contributed by atoms with Gasteiger partial charge >= 0.3 is 0 Å². The molecule has 0 fully saturated rings. The molecule has 0 aromatic heterocycles. The lowest BCUT2D eigenvalue weighted by Crippen LogP contribution is -2.13. The molecule has 1 aliphatic rings. The number of sulfonamides is 1. The van der Waals surface area contributed by atoms with E-state index in [0.29, 0.717) is 0 Å². The van der Waals surface area contributed by atoms with Crippen molar-refractivity contribution in [1.29, 1.82) is 0 Å². The number of rotatable bonds is 1. The predicted molar refractivity (Wildman–Crippen MR) is 55.0 cm³/mol. The molecule has 14 heavy (non-hydrogen) atoms. The number of nitrogens with one attached hydrogen (secondary N) is 1. The van der Waals surface area contributed by atoms with Gasteiger partial charge in [0.25, 0.3) is 0 Å². The molecule has 0 amide bonds. The van der Waals surface area contributed by atoms with Gasteiger partial charge in [0, 0.05) is 12.2 Å². The lowest BCUT2D eigenvalue weighted by Gasteiger charge is -2.05. The van der Waals surface area contributed by atoms with E-state index in [4.69, 9.17) is 16.7 Å². The van der Waals surface area contributed by atoms with Crippen LogP contribution in [-0.4, -0.2) is 15.0 Å². The highest BCUT2D eigenvalue weighted by Gasteiger charge is 2.18. The molecular weight excluding hydrogens is 224 g/mol. The van der Waals surface area contributed by atoms with Crippen molar-refractivity contribution in [2.75, 3.05) is 11.9 Å². The summed E-state index contributed by atoms with van der Waals surface area (Å²) in [6.07, 6.45) is 0.861. The van der Waals surface area contributed by atoms with Crippen LogP contribution in [0, 0.1) is 0 Å². The second-order valence-corrected chi connectivity index (χ2v) is 5.10. The van der Waals surface area contributed by atoms with Crippen molar-refractivity contribution in [2.45, 2.75) is 11.3 Å². The number of hydrogen-bond donors (Lipinski definition) is 2. The zero-order valence-electron chi connectivity index (χ0n) is 7.25. The second-order valence-electron chi connectivity index (χ2n) is 3.16. The SMILES string of the molecule is NS(=O)(=O)c1cc2c(cc1Cl)CCN2. The van der Waals surface area contributed by atoms with Gasteiger partial charge in [-0.3, -0.25) is 0 Å². The lowest BCUT2D eigenvalue weighted by atomic mass is 10.2. The van der Waals surface area contributed by atoms with Gasteiger partial charge in [-0.1, -0.05) is 11.6 Å². The van der Waals surface area contributed by atoms with Crippen molar-refractivity contribution in [1.82, 2.24) is 0 Å². The Hall–Kier alpha value is -0.780. The second kappa shape index (κ2) is 3.12. The molecule has 1 aliphatic heterocycles. The Morgan fingerprint density at radius 1 is 1.43 bits per heavy atom. The Bertz CT molecular complexity index is 484. The smallest absolute Gasteiger partial charge is 0.239 e. The molecule has 0 atom stereocenters. The monoisotopic (exact) mass is 232 g/mol. The molecule has 76 valence electrons. The standard InChI is InChI=1S/C8H9ClN2O2S/c9-6-3-5-1-2-11-7(5)4-8(6)14(10,12)13/h3-4,11H,1-2H2,(H2,10,12,13). The van der Waals surface area contributed by atoms with E-state index in [1.807, 2.05) is 0 Å². The van der Waals surface area contributed by atoms with Crippen molar-refractivity contribution in [3.05, 3.63) is 22.7 Å². The van der Waals surface area contributed by atoms with Crippen LogP contribution in [0.5, 0.6) is 0 Å². The van der Waals surface area contributed by atoms with Crippen molar-refractivity contribution >= 4 is 27.3 Å². The molecule has 2 rings (SSSR count). The molecular formula is C8H9ClN2O2S. The van der Waals surface area contributed by atoms with Gasteiger partial charge in [-0.15, -0.1) is 0 Å². The third-order valence-corrected chi connectivity index (χ3v) is 3.55. The lowest BCUT2D eigenvalue weighted by molar-refractivity contribution is 0.598. The summed E-state index contributed by atoms with van der Waals surface area (Å²) in [7, 11) is -3.73. The average Bonchev–Trinajstić information content (AvgIpc) is 2.47. The highest BCUT2D eigenvalue weighted by Crippen LogP contribution is 2.30. The van der Waals surface area contributed by atoms with Gasteiger partial charge in [-0.05, 0) is 24.1 Å². The van der Waals surface area contributed by atoms with E-state index in [9.17, 15) is 8.42 Å². The number of primary sulfonamides is 1. The van der Waals surface area contributed by atoms with Crippen molar-refractivity contribution < 1.29 is 8.42 Å². The van der Waals surface area contributed by atoms with Crippen molar-refractivity contribution in [2.24, 2.45) is 5.14 Å². The number of fused-ring (bicyclic) bond motifs is 1. The fourth-order valence-corrected chi connectivity index (χ4v) is 2.64. The first kappa shape index (κ1) is 9.76. The minimum absolute atomic E-state index is 0.0210. The van der Waals surface area contributed by atoms with Crippen LogP contribution in [0.3, 0.4) is 0 Å². The van der Waals surface area contributed by atoms with Crippen LogP contribution in [0.4, 0.5) is 5.69 Å². The molecule has 0 saturated carbocycles. The molecule has 0 saturated heterocycles. The van der Waals surface area contributed by atoms with Gasteiger partial charge in [-0.2, -0.15) is 0 Å². The Morgan fingerprint density at radius 3 is 2.79 bits per heavy atom. The molecule has 1 heterocycles. The number of halogens is 1. The summed E-state index contributed by atoms with van der Waals surface area (Å²) in [4.78, 5) is -0.0210. The Balaban J connectivity index is 2.65. The van der Waals surface area contributed by atoms with Crippen LogP contribution in [0.2, 0.25) is 5.02 Å². The Morgan fingerprint density at radius 2 is 2.14 bits per heavy atom. The number of benzene rings is 1. The summed E-state index contributed by atoms with van der Waals surface area (Å²) in [6, 6.07) is 3.14. The maximum Gasteiger partial charge on any atom is 0.239 e. The summed E-state index contributed by atoms with van der Waals surface area (Å²) in [5.74, 6) is 0. The van der Waals surface area contributed by atoms with E-state index < -0.39 is 10.0 Å². The highest BCUT2D eigenvalue weighted by atomic mass is 35.5. The molecule has 3 N–H and O–H groups in total. The molecule has 6 heteroatoms. The zero-order valence-corrected chi connectivity index (χ0v) is 8.82. The Labute approximate surface area is 87.1 Å². The molecule has 1 aromatic rings. The van der Waals surface area contributed by atoms with Gasteiger partial charge in [0.15, 0.2) is 0 Å². The highest BCUT2D eigenvalue weighted by molar-refractivity contribution is 7.89. The zero-order chi connectivity index (χ0) is 10.3. The van der Waals surface area contributed by atoms with E-state index in [0.717, 1.165) is 24.2 Å². The third-order valence-electron chi connectivity index (χ3n) is 2.17. The Kier molecular flexibility index (Phi) is 2.17. The maximum atomic E-state index is 11.1. The van der Waals surface area contributed by atoms with Gasteiger partial charge < -0.3 is 5.32 Å². The average molecular weight is 233 g/mol. The van der Waals surface area contributed by atoms with Crippen LogP contribution in [0.15, 0.2) is 17.0 Å². The van der Waals surface area contributed by atoms with E-state index in [1.165, 1.54) is 6.07 Å². The number of anilines is 1. The summed E-state index contributed by atoms with van der Waals surface area (Å²) in [5, 5.41) is 8.26. The number of hydrogen-bond acceptors (Lipinski definition) is 3. The minimum atomic E-state index is -3.73. The first-order valence-corrected chi connectivity index (χ1v) is 6.00. The van der Waals surface area contributed by atoms with Gasteiger partial charge in [0.05, 0.1) is 5.02 Å². The van der Waals surface area contributed by atoms with Crippen molar-refractivity contribution in [3.63, 3.8) is 0 Å². The quantitative estimate of drug-likeness (QED) is 0.758. The first-order chi connectivity index (χ1) is 6.48. The van der Waals surface area contributed by atoms with E-state index >= 15 is 0 Å². The van der Waals surface area contributed by atoms with Gasteiger partial charge in [-0.25, -0.2) is 13.6 Å². The number of nitrogens with two attached hydrogens (primary N) is 1. The van der Waals surface area contributed by atoms with Crippen LogP contribution in [0.25, 0.3) is 0 Å². The molecule has 0 aliphatic carbocycles. The minimum Gasteiger partial charge on any atom is -0.384 e. The molecule has 1 aromatic carbocycles. The summed E-state index contributed by atoms with van der Waals surface area (Å²) in [5.41, 5.74) is 1.83. The van der Waals surface area contributed by atoms with Gasteiger partial charge in [0.2, 0.25) is 10.0 Å². The van der Waals surface area contributed by atoms with Crippen LogP contribution >= 0.6 is 11.6 Å². The molecule has 0 radical (unpaired) electrons. The largest absolute Gasteiger partial charge is 0.384 e. The normalized spacial score (nSPS) is 15.0. The third kappa shape index (κ3) is 1.58. The maximum absolute atomic E-state index is 11.1. The summed E-state index contributed by atoms with van der Waals surface area (Å²) < 4.78 is 22.2. The predicted octanol–water partition coefficient (Wildman–Crippen LogP) is 0.955.